The second-order valence-electron chi connectivity index (χ2n) is 4.11. The molecule has 2 aromatic rings. The zero-order valence-corrected chi connectivity index (χ0v) is 12.7. The summed E-state index contributed by atoms with van der Waals surface area (Å²) in [5.41, 5.74) is 1.48. The minimum Gasteiger partial charge on any atom is -0.266 e. The molecule has 0 fully saturated rings. The third-order valence-corrected chi connectivity index (χ3v) is 4.23. The summed E-state index contributed by atoms with van der Waals surface area (Å²) in [7, 11) is -3.34. The largest absolute Gasteiger partial charge is 0.266 e. The van der Waals surface area contributed by atoms with Gasteiger partial charge in [0.05, 0.1) is 18.5 Å². The highest BCUT2D eigenvalue weighted by molar-refractivity contribution is 9.10. The maximum Gasteiger partial charge on any atom is 0.232 e. The lowest BCUT2D eigenvalue weighted by Gasteiger charge is -2.22. The van der Waals surface area contributed by atoms with Gasteiger partial charge in [0.15, 0.2) is 0 Å². The number of hydrogen-bond donors (Lipinski definition) is 0. The Bertz CT molecular complexity index is 642. The van der Waals surface area contributed by atoms with Gasteiger partial charge >= 0.3 is 0 Å². The van der Waals surface area contributed by atoms with E-state index in [0.717, 1.165) is 10.0 Å². The lowest BCUT2D eigenvalue weighted by atomic mass is 10.2. The first kappa shape index (κ1) is 14.0. The smallest absolute Gasteiger partial charge is 0.232 e. The van der Waals surface area contributed by atoms with Gasteiger partial charge < -0.3 is 0 Å². The number of aromatic nitrogens is 1. The van der Waals surface area contributed by atoms with Gasteiger partial charge in [-0.25, -0.2) is 8.42 Å². The summed E-state index contributed by atoms with van der Waals surface area (Å²) in [5.74, 6) is 0. The van der Waals surface area contributed by atoms with Gasteiger partial charge in [-0.05, 0) is 35.9 Å². The molecule has 0 amide bonds. The minimum atomic E-state index is -3.34. The highest BCUT2D eigenvalue weighted by Gasteiger charge is 2.17. The molecule has 0 aliphatic carbocycles. The Balaban J connectivity index is 2.35. The average Bonchev–Trinajstić information content (AvgIpc) is 2.37. The summed E-state index contributed by atoms with van der Waals surface area (Å²) in [6, 6.07) is 10.8. The lowest BCUT2D eigenvalue weighted by Crippen LogP contribution is -2.29. The number of anilines is 1. The summed E-state index contributed by atoms with van der Waals surface area (Å²) in [6.45, 7) is 0.272. The van der Waals surface area contributed by atoms with E-state index in [-0.39, 0.29) is 6.54 Å². The van der Waals surface area contributed by atoms with Crippen LogP contribution in [0.5, 0.6) is 0 Å². The molecule has 0 N–H and O–H groups in total. The maximum atomic E-state index is 11.9. The molecule has 0 aliphatic heterocycles. The number of benzene rings is 1. The highest BCUT2D eigenvalue weighted by atomic mass is 79.9. The van der Waals surface area contributed by atoms with Gasteiger partial charge in [0.25, 0.3) is 0 Å². The molecule has 0 spiro atoms. The molecule has 0 radical (unpaired) electrons. The van der Waals surface area contributed by atoms with Crippen LogP contribution in [0.1, 0.15) is 5.56 Å². The first-order valence-electron chi connectivity index (χ1n) is 5.59. The predicted octanol–water partition coefficient (Wildman–Crippen LogP) is 2.81. The Hall–Kier alpha value is -1.40. The van der Waals surface area contributed by atoms with Crippen LogP contribution in [0.15, 0.2) is 53.3 Å². The number of rotatable bonds is 4. The SMILES string of the molecule is CS(=O)(=O)N(Cc1cccnc1)c1ccc(Br)cc1. The van der Waals surface area contributed by atoms with Crippen LogP contribution in [0, 0.1) is 0 Å². The molecule has 0 atom stereocenters. The van der Waals surface area contributed by atoms with E-state index in [1.54, 1.807) is 30.6 Å². The Morgan fingerprint density at radius 1 is 1.21 bits per heavy atom. The molecular weight excluding hydrogens is 328 g/mol. The molecule has 100 valence electrons. The number of sulfonamides is 1. The molecule has 19 heavy (non-hydrogen) atoms. The van der Waals surface area contributed by atoms with Crippen LogP contribution in [0.3, 0.4) is 0 Å². The molecule has 0 saturated carbocycles. The van der Waals surface area contributed by atoms with Crippen LogP contribution in [-0.4, -0.2) is 19.7 Å². The predicted molar refractivity (Wildman–Crippen MR) is 79.4 cm³/mol. The second-order valence-corrected chi connectivity index (χ2v) is 6.93. The third kappa shape index (κ3) is 3.78. The second kappa shape index (κ2) is 5.71. The standard InChI is InChI=1S/C13H13BrN2O2S/c1-19(17,18)16(10-11-3-2-8-15-9-11)13-6-4-12(14)5-7-13/h2-9H,10H2,1H3. The van der Waals surface area contributed by atoms with Gasteiger partial charge in [0.1, 0.15) is 0 Å². The van der Waals surface area contributed by atoms with E-state index in [2.05, 4.69) is 20.9 Å². The number of nitrogens with zero attached hydrogens (tertiary/aromatic N) is 2. The van der Waals surface area contributed by atoms with Gasteiger partial charge in [0.2, 0.25) is 10.0 Å². The van der Waals surface area contributed by atoms with Gasteiger partial charge in [-0.15, -0.1) is 0 Å². The van der Waals surface area contributed by atoms with Crippen LogP contribution in [0.4, 0.5) is 5.69 Å². The molecule has 1 aromatic carbocycles. The van der Waals surface area contributed by atoms with Crippen molar-refractivity contribution in [3.63, 3.8) is 0 Å². The Kier molecular flexibility index (Phi) is 4.21. The molecule has 1 aromatic heterocycles. The number of pyridine rings is 1. The number of hydrogen-bond acceptors (Lipinski definition) is 3. The fourth-order valence-corrected chi connectivity index (χ4v) is 2.82. The molecule has 2 rings (SSSR count). The van der Waals surface area contributed by atoms with Crippen molar-refractivity contribution in [1.82, 2.24) is 4.98 Å². The van der Waals surface area contributed by atoms with Crippen molar-refractivity contribution in [2.75, 3.05) is 10.6 Å². The van der Waals surface area contributed by atoms with E-state index >= 15 is 0 Å². The molecular formula is C13H13BrN2O2S. The zero-order chi connectivity index (χ0) is 13.9. The summed E-state index contributed by atoms with van der Waals surface area (Å²) >= 11 is 3.33. The van der Waals surface area contributed by atoms with Crippen molar-refractivity contribution in [1.29, 1.82) is 0 Å². The quantitative estimate of drug-likeness (QED) is 0.859. The van der Waals surface area contributed by atoms with Gasteiger partial charge in [-0.2, -0.15) is 0 Å². The van der Waals surface area contributed by atoms with Crippen molar-refractivity contribution in [3.05, 3.63) is 58.8 Å². The van der Waals surface area contributed by atoms with E-state index in [1.807, 2.05) is 18.2 Å². The van der Waals surface area contributed by atoms with Crippen LogP contribution >= 0.6 is 15.9 Å². The lowest BCUT2D eigenvalue weighted by molar-refractivity contribution is 0.596. The summed E-state index contributed by atoms with van der Waals surface area (Å²) in [6.07, 6.45) is 4.52. The third-order valence-electron chi connectivity index (χ3n) is 2.56. The van der Waals surface area contributed by atoms with E-state index in [1.165, 1.54) is 10.6 Å². The first-order chi connectivity index (χ1) is 8.97. The monoisotopic (exact) mass is 340 g/mol. The average molecular weight is 341 g/mol. The fourth-order valence-electron chi connectivity index (χ4n) is 1.66. The van der Waals surface area contributed by atoms with Crippen molar-refractivity contribution < 1.29 is 8.42 Å². The van der Waals surface area contributed by atoms with E-state index in [9.17, 15) is 8.42 Å². The van der Waals surface area contributed by atoms with E-state index in [0.29, 0.717) is 5.69 Å². The van der Waals surface area contributed by atoms with Crippen molar-refractivity contribution in [2.24, 2.45) is 0 Å². The van der Waals surface area contributed by atoms with Crippen molar-refractivity contribution in [2.45, 2.75) is 6.54 Å². The van der Waals surface area contributed by atoms with Gasteiger partial charge in [-0.3, -0.25) is 9.29 Å². The normalized spacial score (nSPS) is 11.3. The Labute approximate surface area is 121 Å². The topological polar surface area (TPSA) is 50.3 Å². The zero-order valence-electron chi connectivity index (χ0n) is 10.3. The molecule has 0 aliphatic rings. The molecule has 4 nitrogen and oxygen atoms in total. The Morgan fingerprint density at radius 2 is 1.89 bits per heavy atom. The van der Waals surface area contributed by atoms with Crippen LogP contribution in [-0.2, 0) is 16.6 Å². The molecule has 0 saturated heterocycles. The fraction of sp³-hybridized carbons (Fsp3) is 0.154. The van der Waals surface area contributed by atoms with E-state index < -0.39 is 10.0 Å². The molecule has 0 bridgehead atoms. The van der Waals surface area contributed by atoms with Crippen molar-refractivity contribution in [3.8, 4) is 0 Å². The van der Waals surface area contributed by atoms with E-state index in [4.69, 9.17) is 0 Å². The van der Waals surface area contributed by atoms with Crippen LogP contribution in [0.25, 0.3) is 0 Å². The number of halogens is 1. The summed E-state index contributed by atoms with van der Waals surface area (Å²) in [4.78, 5) is 4.00. The van der Waals surface area contributed by atoms with Crippen LogP contribution in [0.2, 0.25) is 0 Å². The van der Waals surface area contributed by atoms with Gasteiger partial charge in [0, 0.05) is 16.9 Å². The molecule has 6 heteroatoms. The Morgan fingerprint density at radius 3 is 2.42 bits per heavy atom. The molecule has 1 heterocycles. The van der Waals surface area contributed by atoms with Crippen LogP contribution < -0.4 is 4.31 Å². The summed E-state index contributed by atoms with van der Waals surface area (Å²) in [5, 5.41) is 0. The minimum absolute atomic E-state index is 0.272. The molecule has 0 unspecified atom stereocenters. The highest BCUT2D eigenvalue weighted by Crippen LogP contribution is 2.22. The summed E-state index contributed by atoms with van der Waals surface area (Å²) < 4.78 is 26.1. The first-order valence-corrected chi connectivity index (χ1v) is 8.23. The maximum absolute atomic E-state index is 11.9. The van der Waals surface area contributed by atoms with Crippen molar-refractivity contribution >= 4 is 31.6 Å². The van der Waals surface area contributed by atoms with Gasteiger partial charge in [-0.1, -0.05) is 22.0 Å².